The zero-order valence-corrected chi connectivity index (χ0v) is 14.4. The number of rotatable bonds is 4. The minimum absolute atomic E-state index is 0.205. The van der Waals surface area contributed by atoms with Gasteiger partial charge in [0.2, 0.25) is 5.91 Å². The molecule has 0 spiro atoms. The molecule has 1 aromatic carbocycles. The van der Waals surface area contributed by atoms with E-state index in [1.807, 2.05) is 0 Å². The van der Waals surface area contributed by atoms with Crippen LogP contribution >= 0.6 is 11.8 Å². The van der Waals surface area contributed by atoms with E-state index in [2.05, 4.69) is 10.5 Å². The second kappa shape index (κ2) is 6.07. The molecule has 3 rings (SSSR count). The minimum Gasteiger partial charge on any atom is -0.480 e. The summed E-state index contributed by atoms with van der Waals surface area (Å²) in [7, 11) is 0. The Bertz CT molecular complexity index is 764. The fourth-order valence-corrected chi connectivity index (χ4v) is 4.81. The van der Waals surface area contributed by atoms with Gasteiger partial charge in [0.05, 0.1) is 0 Å². The number of hydrogen-bond acceptors (Lipinski definition) is 6. The van der Waals surface area contributed by atoms with Crippen molar-refractivity contribution in [3.05, 3.63) is 35.9 Å². The molecule has 0 aromatic heterocycles. The molecule has 2 fully saturated rings. The molecule has 1 unspecified atom stereocenters. The number of carbonyl (C=O) groups excluding carboxylic acids is 2. The monoisotopic (exact) mass is 363 g/mol. The Morgan fingerprint density at radius 2 is 1.92 bits per heavy atom. The van der Waals surface area contributed by atoms with Crippen molar-refractivity contribution in [3.63, 3.8) is 0 Å². The number of β-lactam (4-membered cyclic amide) rings is 1. The predicted molar refractivity (Wildman–Crippen MR) is 90.4 cm³/mol. The molecule has 1 aromatic rings. The Morgan fingerprint density at radius 3 is 2.48 bits per heavy atom. The number of oxime groups is 1. The standard InChI is InChI=1S/C16H17N3O5S/c1-16(2)11(15(22)23)19-13(21)10(14(19)25-16)17-12(20)9(18-24)8-6-4-3-5-7-8/h3-7,10-11,14,24H,1-2H3,(H,17,20)(H,22,23)/t10-,11?,14+/m1/s1. The summed E-state index contributed by atoms with van der Waals surface area (Å²) in [4.78, 5) is 37.5. The molecule has 3 atom stereocenters. The van der Waals surface area contributed by atoms with Gasteiger partial charge in [-0.2, -0.15) is 0 Å². The lowest BCUT2D eigenvalue weighted by Gasteiger charge is -2.43. The van der Waals surface area contributed by atoms with E-state index < -0.39 is 40.0 Å². The molecule has 2 aliphatic heterocycles. The maximum atomic E-state index is 12.4. The molecule has 0 radical (unpaired) electrons. The number of aliphatic carboxylic acids is 1. The van der Waals surface area contributed by atoms with E-state index in [-0.39, 0.29) is 5.71 Å². The highest BCUT2D eigenvalue weighted by atomic mass is 32.2. The van der Waals surface area contributed by atoms with Crippen LogP contribution < -0.4 is 5.32 Å². The molecule has 2 aliphatic rings. The van der Waals surface area contributed by atoms with Crippen molar-refractivity contribution < 1.29 is 24.7 Å². The third-order valence-corrected chi connectivity index (χ3v) is 5.90. The predicted octanol–water partition coefficient (Wildman–Crippen LogP) is 0.497. The zero-order chi connectivity index (χ0) is 18.4. The summed E-state index contributed by atoms with van der Waals surface area (Å²) in [6.45, 7) is 3.51. The van der Waals surface area contributed by atoms with Gasteiger partial charge in [-0.3, -0.25) is 9.59 Å². The van der Waals surface area contributed by atoms with Crippen molar-refractivity contribution in [3.8, 4) is 0 Å². The van der Waals surface area contributed by atoms with Crippen LogP contribution in [0, 0.1) is 0 Å². The maximum Gasteiger partial charge on any atom is 0.327 e. The Hall–Kier alpha value is -2.55. The van der Waals surface area contributed by atoms with E-state index in [1.165, 1.54) is 16.7 Å². The lowest BCUT2D eigenvalue weighted by atomic mass is 9.96. The number of hydrogen-bond donors (Lipinski definition) is 3. The van der Waals surface area contributed by atoms with E-state index in [9.17, 15) is 19.5 Å². The van der Waals surface area contributed by atoms with Crippen LogP contribution in [0.2, 0.25) is 0 Å². The number of nitrogens with one attached hydrogen (secondary N) is 1. The van der Waals surface area contributed by atoms with E-state index in [0.717, 1.165) is 0 Å². The Kier molecular flexibility index (Phi) is 4.19. The number of fused-ring (bicyclic) bond motifs is 1. The molecule has 0 bridgehead atoms. The number of carboxylic acid groups (broad SMARTS) is 1. The van der Waals surface area contributed by atoms with Gasteiger partial charge in [0, 0.05) is 10.3 Å². The fraction of sp³-hybridized carbons (Fsp3) is 0.375. The van der Waals surface area contributed by atoms with Crippen LogP contribution in [-0.4, -0.2) is 60.9 Å². The summed E-state index contributed by atoms with van der Waals surface area (Å²) < 4.78 is -0.668. The quantitative estimate of drug-likeness (QED) is 0.310. The summed E-state index contributed by atoms with van der Waals surface area (Å²) in [5, 5.41) is 23.7. The molecule has 0 saturated carbocycles. The number of benzene rings is 1. The van der Waals surface area contributed by atoms with Crippen molar-refractivity contribution in [2.45, 2.75) is 36.1 Å². The first kappa shape index (κ1) is 17.3. The van der Waals surface area contributed by atoms with Gasteiger partial charge in [-0.1, -0.05) is 35.5 Å². The van der Waals surface area contributed by atoms with Gasteiger partial charge in [0.1, 0.15) is 17.5 Å². The zero-order valence-electron chi connectivity index (χ0n) is 13.5. The van der Waals surface area contributed by atoms with Crippen LogP contribution in [0.25, 0.3) is 0 Å². The second-order valence-electron chi connectivity index (χ2n) is 6.36. The first-order valence-electron chi connectivity index (χ1n) is 7.59. The number of carboxylic acids is 1. The van der Waals surface area contributed by atoms with Gasteiger partial charge in [-0.25, -0.2) is 4.79 Å². The first-order valence-corrected chi connectivity index (χ1v) is 8.47. The van der Waals surface area contributed by atoms with Crippen molar-refractivity contribution in [2.75, 3.05) is 0 Å². The van der Waals surface area contributed by atoms with Crippen LogP contribution in [0.15, 0.2) is 35.5 Å². The molecular weight excluding hydrogens is 346 g/mol. The molecule has 2 saturated heterocycles. The van der Waals surface area contributed by atoms with Gasteiger partial charge in [-0.15, -0.1) is 11.8 Å². The van der Waals surface area contributed by atoms with Crippen LogP contribution in [0.4, 0.5) is 0 Å². The summed E-state index contributed by atoms with van der Waals surface area (Å²) in [6, 6.07) is 6.57. The lowest BCUT2D eigenvalue weighted by Crippen LogP contribution is -2.71. The molecule has 2 heterocycles. The molecular formula is C16H17N3O5S. The average Bonchev–Trinajstić information content (AvgIpc) is 2.82. The Balaban J connectivity index is 1.76. The van der Waals surface area contributed by atoms with Crippen LogP contribution in [-0.2, 0) is 14.4 Å². The lowest BCUT2D eigenvalue weighted by molar-refractivity contribution is -0.160. The van der Waals surface area contributed by atoms with Crippen molar-refractivity contribution in [1.29, 1.82) is 0 Å². The summed E-state index contributed by atoms with van der Waals surface area (Å²) in [5.41, 5.74) is 0.206. The van der Waals surface area contributed by atoms with Crippen molar-refractivity contribution >= 4 is 35.3 Å². The highest BCUT2D eigenvalue weighted by Gasteiger charge is 2.64. The molecule has 25 heavy (non-hydrogen) atoms. The SMILES string of the molecule is CC1(C)S[C@H]2[C@H](NC(=O)C(=NO)c3ccccc3)C(=O)N2C1C(=O)O. The van der Waals surface area contributed by atoms with E-state index in [1.54, 1.807) is 44.2 Å². The topological polar surface area (TPSA) is 119 Å². The fourth-order valence-electron chi connectivity index (χ4n) is 3.19. The van der Waals surface area contributed by atoms with Crippen LogP contribution in [0.3, 0.4) is 0 Å². The highest BCUT2D eigenvalue weighted by molar-refractivity contribution is 8.01. The van der Waals surface area contributed by atoms with Gasteiger partial charge in [0.15, 0.2) is 5.71 Å². The van der Waals surface area contributed by atoms with Gasteiger partial charge < -0.3 is 20.5 Å². The van der Waals surface area contributed by atoms with Crippen LogP contribution in [0.1, 0.15) is 19.4 Å². The van der Waals surface area contributed by atoms with E-state index in [0.29, 0.717) is 5.56 Å². The third-order valence-electron chi connectivity index (χ3n) is 4.32. The van der Waals surface area contributed by atoms with Crippen molar-refractivity contribution in [1.82, 2.24) is 10.2 Å². The first-order chi connectivity index (χ1) is 11.8. The van der Waals surface area contributed by atoms with Gasteiger partial charge in [-0.05, 0) is 13.8 Å². The highest BCUT2D eigenvalue weighted by Crippen LogP contribution is 2.50. The number of carbonyl (C=O) groups is 3. The molecule has 2 amide bonds. The molecule has 3 N–H and O–H groups in total. The molecule has 9 heteroatoms. The van der Waals surface area contributed by atoms with E-state index in [4.69, 9.17) is 5.21 Å². The largest absolute Gasteiger partial charge is 0.480 e. The van der Waals surface area contributed by atoms with Crippen LogP contribution in [0.5, 0.6) is 0 Å². The van der Waals surface area contributed by atoms with Crippen molar-refractivity contribution in [2.24, 2.45) is 5.16 Å². The summed E-state index contributed by atoms with van der Waals surface area (Å²) in [6.07, 6.45) is 0. The number of nitrogens with zero attached hydrogens (tertiary/aromatic N) is 2. The normalized spacial score (nSPS) is 27.4. The van der Waals surface area contributed by atoms with Gasteiger partial charge in [0.25, 0.3) is 5.91 Å². The summed E-state index contributed by atoms with van der Waals surface area (Å²) >= 11 is 1.33. The molecule has 0 aliphatic carbocycles. The Labute approximate surface area is 147 Å². The van der Waals surface area contributed by atoms with Gasteiger partial charge >= 0.3 is 5.97 Å². The Morgan fingerprint density at radius 1 is 1.28 bits per heavy atom. The second-order valence-corrected chi connectivity index (χ2v) is 8.13. The molecule has 8 nitrogen and oxygen atoms in total. The third kappa shape index (κ3) is 2.74. The average molecular weight is 363 g/mol. The minimum atomic E-state index is -1.07. The number of amides is 2. The molecule has 132 valence electrons. The van der Waals surface area contributed by atoms with E-state index >= 15 is 0 Å². The maximum absolute atomic E-state index is 12.4. The summed E-state index contributed by atoms with van der Waals surface area (Å²) in [5.74, 6) is -2.21. The smallest absolute Gasteiger partial charge is 0.327 e. The number of thioether (sulfide) groups is 1.